The molecule has 0 saturated heterocycles. The Labute approximate surface area is 177 Å². The van der Waals surface area contributed by atoms with Gasteiger partial charge in [0, 0.05) is 50.0 Å². The second kappa shape index (κ2) is 7.88. The molecule has 0 atom stereocenters. The molecule has 162 valence electrons. The summed E-state index contributed by atoms with van der Waals surface area (Å²) < 4.78 is 39.8. The first kappa shape index (κ1) is 19.9. The number of hydrogen-bond donors (Lipinski definition) is 3. The van der Waals surface area contributed by atoms with Crippen molar-refractivity contribution in [3.63, 3.8) is 0 Å². The summed E-state index contributed by atoms with van der Waals surface area (Å²) in [5.41, 5.74) is 3.69. The Morgan fingerprint density at radius 1 is 1.16 bits per heavy atom. The zero-order chi connectivity index (χ0) is 21.4. The molecule has 0 unspecified atom stereocenters. The summed E-state index contributed by atoms with van der Waals surface area (Å²) in [5, 5.41) is 5.94. The Kier molecular flexibility index (Phi) is 5.05. The molecule has 0 amide bonds. The summed E-state index contributed by atoms with van der Waals surface area (Å²) in [7, 11) is 0. The molecule has 5 rings (SSSR count). The molecule has 1 aromatic carbocycles. The molecular formula is C22H23F3N6. The van der Waals surface area contributed by atoms with Crippen LogP contribution in [0.5, 0.6) is 0 Å². The van der Waals surface area contributed by atoms with Gasteiger partial charge in [-0.05, 0) is 54.2 Å². The van der Waals surface area contributed by atoms with E-state index in [1.165, 1.54) is 16.7 Å². The SMILES string of the molecule is FC(F)(F)c1cnc(Nc2ccc3c(c2)CCN(Cc2cc[nH]c2)C3)nc1NC1CC1. The molecule has 3 N–H and O–H groups in total. The number of alkyl halides is 3. The number of halogens is 3. The Balaban J connectivity index is 1.30. The van der Waals surface area contributed by atoms with Crippen molar-refractivity contribution in [2.75, 3.05) is 17.2 Å². The van der Waals surface area contributed by atoms with Crippen LogP contribution < -0.4 is 10.6 Å². The monoisotopic (exact) mass is 428 g/mol. The van der Waals surface area contributed by atoms with Gasteiger partial charge in [-0.25, -0.2) is 4.98 Å². The molecule has 1 fully saturated rings. The molecule has 31 heavy (non-hydrogen) atoms. The molecule has 0 radical (unpaired) electrons. The van der Waals surface area contributed by atoms with Crippen LogP contribution in [0.1, 0.15) is 35.1 Å². The van der Waals surface area contributed by atoms with E-state index in [9.17, 15) is 13.2 Å². The normalized spacial score (nSPS) is 16.7. The van der Waals surface area contributed by atoms with Crippen LogP contribution in [0.25, 0.3) is 0 Å². The van der Waals surface area contributed by atoms with Crippen LogP contribution in [0.4, 0.5) is 30.6 Å². The number of fused-ring (bicyclic) bond motifs is 1. The number of hydrogen-bond acceptors (Lipinski definition) is 5. The third kappa shape index (κ3) is 4.66. The lowest BCUT2D eigenvalue weighted by molar-refractivity contribution is -0.137. The fourth-order valence-corrected chi connectivity index (χ4v) is 3.85. The minimum atomic E-state index is -4.49. The average molecular weight is 428 g/mol. The van der Waals surface area contributed by atoms with E-state index < -0.39 is 11.7 Å². The quantitative estimate of drug-likeness (QED) is 0.531. The Morgan fingerprint density at radius 3 is 2.77 bits per heavy atom. The number of anilines is 3. The van der Waals surface area contributed by atoms with Crippen molar-refractivity contribution in [2.24, 2.45) is 0 Å². The van der Waals surface area contributed by atoms with E-state index in [2.05, 4.69) is 42.6 Å². The largest absolute Gasteiger partial charge is 0.421 e. The summed E-state index contributed by atoms with van der Waals surface area (Å²) in [6.45, 7) is 2.72. The maximum atomic E-state index is 13.3. The lowest BCUT2D eigenvalue weighted by Gasteiger charge is -2.28. The lowest BCUT2D eigenvalue weighted by atomic mass is 9.98. The van der Waals surface area contributed by atoms with Crippen LogP contribution in [0.15, 0.2) is 42.9 Å². The number of benzene rings is 1. The second-order valence-electron chi connectivity index (χ2n) is 8.16. The zero-order valence-electron chi connectivity index (χ0n) is 16.8. The number of nitrogens with one attached hydrogen (secondary N) is 3. The number of nitrogens with zero attached hydrogens (tertiary/aromatic N) is 3. The van der Waals surface area contributed by atoms with E-state index in [0.29, 0.717) is 0 Å². The van der Waals surface area contributed by atoms with Gasteiger partial charge >= 0.3 is 6.18 Å². The molecule has 1 aliphatic carbocycles. The van der Waals surface area contributed by atoms with Crippen LogP contribution in [0.2, 0.25) is 0 Å². The van der Waals surface area contributed by atoms with E-state index in [0.717, 1.165) is 50.8 Å². The number of rotatable bonds is 6. The minimum Gasteiger partial charge on any atom is -0.367 e. The molecule has 3 aromatic rings. The standard InChI is InChI=1S/C22H23F3N6/c23-22(24,25)19-11-27-21(30-20(19)28-17-3-4-17)29-18-2-1-16-13-31(8-6-15(16)9-18)12-14-5-7-26-10-14/h1-2,5,7,9-11,17,26H,3-4,6,8,12-13H2,(H2,27,28,29,30). The molecular weight excluding hydrogens is 405 g/mol. The average Bonchev–Trinajstić information content (AvgIpc) is 3.39. The Bertz CT molecular complexity index is 1060. The van der Waals surface area contributed by atoms with Gasteiger partial charge < -0.3 is 15.6 Å². The smallest absolute Gasteiger partial charge is 0.367 e. The van der Waals surface area contributed by atoms with Gasteiger partial charge in [0.25, 0.3) is 0 Å². The molecule has 1 aliphatic heterocycles. The highest BCUT2D eigenvalue weighted by Gasteiger charge is 2.36. The Morgan fingerprint density at radius 2 is 2.03 bits per heavy atom. The summed E-state index contributed by atoms with van der Waals surface area (Å²) in [6.07, 6.45) is 2.92. The summed E-state index contributed by atoms with van der Waals surface area (Å²) in [5.74, 6) is -0.00754. The summed E-state index contributed by atoms with van der Waals surface area (Å²) in [4.78, 5) is 13.5. The fourth-order valence-electron chi connectivity index (χ4n) is 3.85. The topological polar surface area (TPSA) is 68.9 Å². The molecule has 2 aromatic heterocycles. The van der Waals surface area contributed by atoms with Gasteiger partial charge in [-0.1, -0.05) is 6.07 Å². The van der Waals surface area contributed by atoms with Gasteiger partial charge in [0.15, 0.2) is 0 Å². The third-order valence-corrected chi connectivity index (χ3v) is 5.63. The molecule has 0 bridgehead atoms. The number of aromatic amines is 1. The van der Waals surface area contributed by atoms with Gasteiger partial charge in [0.05, 0.1) is 0 Å². The summed E-state index contributed by atoms with van der Waals surface area (Å²) in [6, 6.07) is 8.17. The van der Waals surface area contributed by atoms with Crippen LogP contribution in [0, 0.1) is 0 Å². The lowest BCUT2D eigenvalue weighted by Crippen LogP contribution is -2.29. The maximum absolute atomic E-state index is 13.3. The van der Waals surface area contributed by atoms with Crippen LogP contribution in [-0.4, -0.2) is 32.4 Å². The first-order valence-electron chi connectivity index (χ1n) is 10.4. The van der Waals surface area contributed by atoms with Crippen molar-refractivity contribution >= 4 is 17.5 Å². The molecule has 6 nitrogen and oxygen atoms in total. The molecule has 3 heterocycles. The Hall–Kier alpha value is -3.07. The first-order valence-corrected chi connectivity index (χ1v) is 10.4. The van der Waals surface area contributed by atoms with Crippen LogP contribution in [0.3, 0.4) is 0 Å². The van der Waals surface area contributed by atoms with Gasteiger partial charge in [-0.3, -0.25) is 4.90 Å². The van der Waals surface area contributed by atoms with Gasteiger partial charge in [0.1, 0.15) is 11.4 Å². The first-order chi connectivity index (χ1) is 14.9. The van der Waals surface area contributed by atoms with Crippen LogP contribution in [-0.2, 0) is 25.7 Å². The maximum Gasteiger partial charge on any atom is 0.421 e. The number of H-pyrrole nitrogens is 1. The van der Waals surface area contributed by atoms with E-state index >= 15 is 0 Å². The minimum absolute atomic E-state index is 0.0572. The van der Waals surface area contributed by atoms with Crippen molar-refractivity contribution in [1.82, 2.24) is 19.9 Å². The zero-order valence-corrected chi connectivity index (χ0v) is 16.8. The van der Waals surface area contributed by atoms with E-state index in [4.69, 9.17) is 0 Å². The molecule has 2 aliphatic rings. The second-order valence-corrected chi connectivity index (χ2v) is 8.16. The highest BCUT2D eigenvalue weighted by Crippen LogP contribution is 2.36. The van der Waals surface area contributed by atoms with E-state index in [1.807, 2.05) is 24.5 Å². The predicted octanol–water partition coefficient (Wildman–Crippen LogP) is 4.70. The van der Waals surface area contributed by atoms with Crippen LogP contribution >= 0.6 is 0 Å². The van der Waals surface area contributed by atoms with Crippen molar-refractivity contribution in [1.29, 1.82) is 0 Å². The summed E-state index contributed by atoms with van der Waals surface area (Å²) >= 11 is 0. The van der Waals surface area contributed by atoms with Gasteiger partial charge in [0.2, 0.25) is 5.95 Å². The van der Waals surface area contributed by atoms with Crippen molar-refractivity contribution < 1.29 is 13.2 Å². The molecule has 0 spiro atoms. The highest BCUT2D eigenvalue weighted by molar-refractivity contribution is 5.59. The molecule has 9 heteroatoms. The fraction of sp³-hybridized carbons (Fsp3) is 0.364. The number of aromatic nitrogens is 3. The van der Waals surface area contributed by atoms with Gasteiger partial charge in [-0.2, -0.15) is 18.2 Å². The highest BCUT2D eigenvalue weighted by atomic mass is 19.4. The van der Waals surface area contributed by atoms with Crippen molar-refractivity contribution in [3.05, 3.63) is 65.1 Å². The van der Waals surface area contributed by atoms with Gasteiger partial charge in [-0.15, -0.1) is 0 Å². The molecule has 1 saturated carbocycles. The van der Waals surface area contributed by atoms with Crippen molar-refractivity contribution in [2.45, 2.75) is 44.6 Å². The van der Waals surface area contributed by atoms with Crippen molar-refractivity contribution in [3.8, 4) is 0 Å². The van der Waals surface area contributed by atoms with E-state index in [-0.39, 0.29) is 17.8 Å². The third-order valence-electron chi connectivity index (χ3n) is 5.63. The van der Waals surface area contributed by atoms with E-state index in [1.54, 1.807) is 0 Å². The predicted molar refractivity (Wildman–Crippen MR) is 112 cm³/mol.